The van der Waals surface area contributed by atoms with Crippen LogP contribution in [0, 0.1) is 0 Å². The fourth-order valence-corrected chi connectivity index (χ4v) is 2.35. The Morgan fingerprint density at radius 3 is 2.90 bits per heavy atom. The van der Waals surface area contributed by atoms with Crippen molar-refractivity contribution in [3.63, 3.8) is 0 Å². The summed E-state index contributed by atoms with van der Waals surface area (Å²) in [7, 11) is 3.43. The van der Waals surface area contributed by atoms with Gasteiger partial charge >= 0.3 is 0 Å². The average molecular weight is 275 g/mol. The van der Waals surface area contributed by atoms with Crippen molar-refractivity contribution in [3.8, 4) is 17.2 Å². The molecule has 0 aliphatic carbocycles. The largest absolute Gasteiger partial charge is 0.493 e. The molecule has 2 heterocycles. The molecule has 0 saturated heterocycles. The molecule has 1 aliphatic heterocycles. The number of hydrogen-bond donors (Lipinski definition) is 1. The summed E-state index contributed by atoms with van der Waals surface area (Å²) in [5.41, 5.74) is 7.09. The molecule has 1 aromatic heterocycles. The third-order valence-corrected chi connectivity index (χ3v) is 3.42. The summed E-state index contributed by atoms with van der Waals surface area (Å²) in [6.07, 6.45) is 1.36. The lowest BCUT2D eigenvalue weighted by Crippen LogP contribution is -2.40. The number of aryl methyl sites for hydroxylation is 1. The minimum atomic E-state index is -0.384. The molecule has 2 unspecified atom stereocenters. The summed E-state index contributed by atoms with van der Waals surface area (Å²) in [5, 5.41) is 4.16. The topological polar surface area (TPSA) is 71.5 Å². The number of methoxy groups -OCH3 is 1. The Bertz CT molecular complexity index is 611. The van der Waals surface area contributed by atoms with Crippen LogP contribution >= 0.6 is 0 Å². The predicted molar refractivity (Wildman–Crippen MR) is 73.0 cm³/mol. The predicted octanol–water partition coefficient (Wildman–Crippen LogP) is 1.27. The molecular formula is C14H17N3O3. The minimum absolute atomic E-state index is 0.283. The van der Waals surface area contributed by atoms with E-state index in [1.165, 1.54) is 0 Å². The number of hydrogen-bond acceptors (Lipinski definition) is 5. The molecule has 20 heavy (non-hydrogen) atoms. The quantitative estimate of drug-likeness (QED) is 0.913. The summed E-state index contributed by atoms with van der Waals surface area (Å²) >= 11 is 0. The SMILES string of the molecule is COc1cnn(C)c1C(N)C1COc2ccccc2O1. The van der Waals surface area contributed by atoms with Crippen LogP contribution in [0.5, 0.6) is 17.2 Å². The highest BCUT2D eigenvalue weighted by Crippen LogP contribution is 2.35. The number of fused-ring (bicyclic) bond motifs is 1. The summed E-state index contributed by atoms with van der Waals surface area (Å²) < 4.78 is 18.6. The average Bonchev–Trinajstić information content (AvgIpc) is 2.87. The normalized spacial score (nSPS) is 18.6. The molecular weight excluding hydrogens is 258 g/mol. The van der Waals surface area contributed by atoms with Gasteiger partial charge in [-0.15, -0.1) is 0 Å². The van der Waals surface area contributed by atoms with Crippen LogP contribution in [0.25, 0.3) is 0 Å². The number of benzene rings is 1. The first-order valence-electron chi connectivity index (χ1n) is 6.40. The van der Waals surface area contributed by atoms with E-state index >= 15 is 0 Å². The van der Waals surface area contributed by atoms with Gasteiger partial charge < -0.3 is 19.9 Å². The summed E-state index contributed by atoms with van der Waals surface area (Å²) in [5.74, 6) is 2.11. The van der Waals surface area contributed by atoms with Crippen LogP contribution in [0.2, 0.25) is 0 Å². The lowest BCUT2D eigenvalue weighted by molar-refractivity contribution is 0.0695. The molecule has 106 valence electrons. The molecule has 0 fully saturated rings. The van der Waals surface area contributed by atoms with Crippen molar-refractivity contribution in [2.24, 2.45) is 12.8 Å². The molecule has 2 aromatic rings. The van der Waals surface area contributed by atoms with Crippen LogP contribution < -0.4 is 19.9 Å². The molecule has 2 atom stereocenters. The fraction of sp³-hybridized carbons (Fsp3) is 0.357. The Morgan fingerprint density at radius 2 is 2.15 bits per heavy atom. The van der Waals surface area contributed by atoms with Gasteiger partial charge in [-0.1, -0.05) is 12.1 Å². The van der Waals surface area contributed by atoms with E-state index in [1.807, 2.05) is 31.3 Å². The highest BCUT2D eigenvalue weighted by molar-refractivity contribution is 5.41. The van der Waals surface area contributed by atoms with E-state index in [9.17, 15) is 0 Å². The Kier molecular flexibility index (Phi) is 3.23. The first kappa shape index (κ1) is 12.8. The van der Waals surface area contributed by atoms with Crippen molar-refractivity contribution < 1.29 is 14.2 Å². The van der Waals surface area contributed by atoms with Crippen molar-refractivity contribution >= 4 is 0 Å². The van der Waals surface area contributed by atoms with Crippen LogP contribution in [-0.2, 0) is 7.05 Å². The van der Waals surface area contributed by atoms with Gasteiger partial charge in [-0.05, 0) is 12.1 Å². The third-order valence-electron chi connectivity index (χ3n) is 3.42. The second kappa shape index (κ2) is 5.05. The molecule has 0 bridgehead atoms. The van der Waals surface area contributed by atoms with Crippen LogP contribution in [0.1, 0.15) is 11.7 Å². The van der Waals surface area contributed by atoms with E-state index in [-0.39, 0.29) is 12.1 Å². The van der Waals surface area contributed by atoms with Gasteiger partial charge in [-0.25, -0.2) is 0 Å². The van der Waals surface area contributed by atoms with Crippen molar-refractivity contribution in [3.05, 3.63) is 36.2 Å². The van der Waals surface area contributed by atoms with Crippen LogP contribution in [0.4, 0.5) is 0 Å². The molecule has 0 amide bonds. The molecule has 3 rings (SSSR count). The number of rotatable bonds is 3. The van der Waals surface area contributed by atoms with Crippen LogP contribution in [-0.4, -0.2) is 29.6 Å². The van der Waals surface area contributed by atoms with Gasteiger partial charge in [0.2, 0.25) is 0 Å². The zero-order valence-corrected chi connectivity index (χ0v) is 11.4. The molecule has 6 nitrogen and oxygen atoms in total. The number of nitrogens with zero attached hydrogens (tertiary/aromatic N) is 2. The fourth-order valence-electron chi connectivity index (χ4n) is 2.35. The van der Waals surface area contributed by atoms with Gasteiger partial charge in [0.1, 0.15) is 12.3 Å². The molecule has 0 saturated carbocycles. The zero-order valence-electron chi connectivity index (χ0n) is 11.4. The molecule has 1 aromatic carbocycles. The summed E-state index contributed by atoms with van der Waals surface area (Å²) in [6, 6.07) is 7.18. The van der Waals surface area contributed by atoms with E-state index in [4.69, 9.17) is 19.9 Å². The standard InChI is InChI=1S/C14H17N3O3/c1-17-14(11(18-2)7-16-17)13(15)12-8-19-9-5-3-4-6-10(9)20-12/h3-7,12-13H,8,15H2,1-2H3. The van der Waals surface area contributed by atoms with E-state index in [0.717, 1.165) is 11.4 Å². The van der Waals surface area contributed by atoms with Crippen molar-refractivity contribution in [2.75, 3.05) is 13.7 Å². The molecule has 2 N–H and O–H groups in total. The minimum Gasteiger partial charge on any atom is -0.493 e. The maximum atomic E-state index is 6.30. The second-order valence-electron chi connectivity index (χ2n) is 4.66. The van der Waals surface area contributed by atoms with E-state index in [2.05, 4.69) is 5.10 Å². The first-order valence-corrected chi connectivity index (χ1v) is 6.40. The van der Waals surface area contributed by atoms with Crippen molar-refractivity contribution in [1.29, 1.82) is 0 Å². The highest BCUT2D eigenvalue weighted by atomic mass is 16.6. The van der Waals surface area contributed by atoms with E-state index < -0.39 is 0 Å². The number of aromatic nitrogens is 2. The highest BCUT2D eigenvalue weighted by Gasteiger charge is 2.31. The van der Waals surface area contributed by atoms with Gasteiger partial charge in [-0.3, -0.25) is 4.68 Å². The lowest BCUT2D eigenvalue weighted by atomic mass is 10.1. The second-order valence-corrected chi connectivity index (χ2v) is 4.66. The van der Waals surface area contributed by atoms with Crippen LogP contribution in [0.3, 0.4) is 0 Å². The van der Waals surface area contributed by atoms with Crippen molar-refractivity contribution in [2.45, 2.75) is 12.1 Å². The monoisotopic (exact) mass is 275 g/mol. The smallest absolute Gasteiger partial charge is 0.161 e. The van der Waals surface area contributed by atoms with Gasteiger partial charge in [0.05, 0.1) is 19.3 Å². The van der Waals surface area contributed by atoms with Crippen LogP contribution in [0.15, 0.2) is 30.5 Å². The van der Waals surface area contributed by atoms with Gasteiger partial charge in [-0.2, -0.15) is 5.10 Å². The lowest BCUT2D eigenvalue weighted by Gasteiger charge is -2.30. The van der Waals surface area contributed by atoms with Crippen molar-refractivity contribution in [1.82, 2.24) is 9.78 Å². The zero-order chi connectivity index (χ0) is 14.1. The van der Waals surface area contributed by atoms with E-state index in [0.29, 0.717) is 18.1 Å². The summed E-state index contributed by atoms with van der Waals surface area (Å²) in [4.78, 5) is 0. The summed E-state index contributed by atoms with van der Waals surface area (Å²) in [6.45, 7) is 0.395. The number of para-hydroxylation sites is 2. The Hall–Kier alpha value is -2.21. The molecule has 0 spiro atoms. The number of ether oxygens (including phenoxy) is 3. The maximum Gasteiger partial charge on any atom is 0.161 e. The Morgan fingerprint density at radius 1 is 1.40 bits per heavy atom. The third kappa shape index (κ3) is 2.08. The van der Waals surface area contributed by atoms with Gasteiger partial charge in [0.25, 0.3) is 0 Å². The Balaban J connectivity index is 1.85. The van der Waals surface area contributed by atoms with E-state index in [1.54, 1.807) is 18.0 Å². The molecule has 1 aliphatic rings. The van der Waals surface area contributed by atoms with Gasteiger partial charge in [0, 0.05) is 7.05 Å². The van der Waals surface area contributed by atoms with Gasteiger partial charge in [0.15, 0.2) is 23.4 Å². The first-order chi connectivity index (χ1) is 9.70. The maximum absolute atomic E-state index is 6.30. The number of nitrogens with two attached hydrogens (primary N) is 1. The molecule has 6 heteroatoms. The Labute approximate surface area is 117 Å². The molecule has 0 radical (unpaired) electrons.